The highest BCUT2D eigenvalue weighted by Gasteiger charge is 2.29. The quantitative estimate of drug-likeness (QED) is 0.812. The molecule has 17 heavy (non-hydrogen) atoms. The number of nitrogens with zero attached hydrogens (tertiary/aromatic N) is 1. The standard InChI is InChI=1S/C12H16Cl2N2O/c1-7(15-6-10(17)8-2-3-8)9-4-5-11(13)16-12(9)14/h4-5,7-8,10,15,17H,2-3,6H2,1H3. The normalized spacial score (nSPS) is 19.1. The summed E-state index contributed by atoms with van der Waals surface area (Å²) in [5, 5.41) is 13.8. The van der Waals surface area contributed by atoms with Crippen LogP contribution in [0, 0.1) is 5.92 Å². The van der Waals surface area contributed by atoms with Gasteiger partial charge in [-0.1, -0.05) is 29.3 Å². The zero-order chi connectivity index (χ0) is 12.4. The number of aliphatic hydroxyl groups excluding tert-OH is 1. The fraction of sp³-hybridized carbons (Fsp3) is 0.583. The average Bonchev–Trinajstić information content (AvgIpc) is 3.09. The average molecular weight is 275 g/mol. The van der Waals surface area contributed by atoms with Gasteiger partial charge < -0.3 is 10.4 Å². The van der Waals surface area contributed by atoms with Gasteiger partial charge in [-0.25, -0.2) is 4.98 Å². The SMILES string of the molecule is CC(NCC(O)C1CC1)c1ccc(Cl)nc1Cl. The van der Waals surface area contributed by atoms with E-state index in [0.29, 0.717) is 22.8 Å². The summed E-state index contributed by atoms with van der Waals surface area (Å²) in [4.78, 5) is 4.00. The second-order valence-corrected chi connectivity index (χ2v) is 5.29. The molecule has 2 N–H and O–H groups in total. The fourth-order valence-corrected chi connectivity index (χ4v) is 2.31. The van der Waals surface area contributed by atoms with Gasteiger partial charge in [-0.3, -0.25) is 0 Å². The number of hydrogen-bond acceptors (Lipinski definition) is 3. The largest absolute Gasteiger partial charge is 0.392 e. The Kier molecular flexibility index (Phi) is 4.26. The van der Waals surface area contributed by atoms with Gasteiger partial charge in [0.15, 0.2) is 0 Å². The topological polar surface area (TPSA) is 45.1 Å². The van der Waals surface area contributed by atoms with Crippen LogP contribution in [0.4, 0.5) is 0 Å². The van der Waals surface area contributed by atoms with E-state index in [4.69, 9.17) is 23.2 Å². The summed E-state index contributed by atoms with van der Waals surface area (Å²) in [6.45, 7) is 2.58. The van der Waals surface area contributed by atoms with Crippen LogP contribution in [0.25, 0.3) is 0 Å². The lowest BCUT2D eigenvalue weighted by molar-refractivity contribution is 0.145. The molecule has 94 valence electrons. The molecule has 0 radical (unpaired) electrons. The molecule has 1 fully saturated rings. The van der Waals surface area contributed by atoms with E-state index in [2.05, 4.69) is 10.3 Å². The van der Waals surface area contributed by atoms with E-state index in [1.54, 1.807) is 6.07 Å². The van der Waals surface area contributed by atoms with Crippen molar-refractivity contribution in [3.8, 4) is 0 Å². The highest BCUT2D eigenvalue weighted by atomic mass is 35.5. The fourth-order valence-electron chi connectivity index (χ4n) is 1.80. The van der Waals surface area contributed by atoms with Crippen LogP contribution in [0.1, 0.15) is 31.4 Å². The minimum Gasteiger partial charge on any atom is -0.392 e. The molecule has 1 heterocycles. The van der Waals surface area contributed by atoms with Gasteiger partial charge >= 0.3 is 0 Å². The van der Waals surface area contributed by atoms with Crippen LogP contribution in [0.5, 0.6) is 0 Å². The Morgan fingerprint density at radius 1 is 1.47 bits per heavy atom. The molecular weight excluding hydrogens is 259 g/mol. The summed E-state index contributed by atoms with van der Waals surface area (Å²) < 4.78 is 0. The van der Waals surface area contributed by atoms with Crippen molar-refractivity contribution in [3.63, 3.8) is 0 Å². The Bertz CT molecular complexity index is 396. The van der Waals surface area contributed by atoms with E-state index in [0.717, 1.165) is 18.4 Å². The molecule has 2 rings (SSSR count). The molecule has 1 aliphatic rings. The van der Waals surface area contributed by atoms with E-state index in [-0.39, 0.29) is 12.1 Å². The second-order valence-electron chi connectivity index (χ2n) is 4.55. The van der Waals surface area contributed by atoms with Crippen LogP contribution >= 0.6 is 23.2 Å². The molecule has 0 aliphatic heterocycles. The van der Waals surface area contributed by atoms with Crippen molar-refractivity contribution in [2.75, 3.05) is 6.54 Å². The summed E-state index contributed by atoms with van der Waals surface area (Å²) in [5.74, 6) is 0.480. The summed E-state index contributed by atoms with van der Waals surface area (Å²) >= 11 is 11.8. The van der Waals surface area contributed by atoms with Crippen LogP contribution in [-0.2, 0) is 0 Å². The van der Waals surface area contributed by atoms with Crippen LogP contribution in [0.3, 0.4) is 0 Å². The number of halogens is 2. The maximum Gasteiger partial charge on any atom is 0.135 e. The number of rotatable bonds is 5. The summed E-state index contributed by atoms with van der Waals surface area (Å²) in [6.07, 6.45) is 2.03. The van der Waals surface area contributed by atoms with Crippen molar-refractivity contribution in [2.45, 2.75) is 31.9 Å². The molecule has 0 saturated heterocycles. The van der Waals surface area contributed by atoms with E-state index in [1.165, 1.54) is 0 Å². The Morgan fingerprint density at radius 3 is 2.76 bits per heavy atom. The van der Waals surface area contributed by atoms with Crippen LogP contribution in [0.15, 0.2) is 12.1 Å². The molecule has 1 aromatic heterocycles. The minimum absolute atomic E-state index is 0.0562. The van der Waals surface area contributed by atoms with E-state index < -0.39 is 0 Å². The second kappa shape index (κ2) is 5.53. The van der Waals surface area contributed by atoms with Crippen LogP contribution in [0.2, 0.25) is 10.3 Å². The molecule has 5 heteroatoms. The zero-order valence-corrected chi connectivity index (χ0v) is 11.2. The van der Waals surface area contributed by atoms with Crippen molar-refractivity contribution < 1.29 is 5.11 Å². The van der Waals surface area contributed by atoms with Crippen molar-refractivity contribution in [1.29, 1.82) is 0 Å². The third-order valence-electron chi connectivity index (χ3n) is 3.11. The lowest BCUT2D eigenvalue weighted by Gasteiger charge is -2.17. The maximum absolute atomic E-state index is 9.77. The molecular formula is C12H16Cl2N2O. The number of hydrogen-bond donors (Lipinski definition) is 2. The van der Waals surface area contributed by atoms with Gasteiger partial charge in [-0.2, -0.15) is 0 Å². The van der Waals surface area contributed by atoms with Gasteiger partial charge in [-0.15, -0.1) is 0 Å². The predicted molar refractivity (Wildman–Crippen MR) is 69.4 cm³/mol. The molecule has 1 saturated carbocycles. The lowest BCUT2D eigenvalue weighted by atomic mass is 10.1. The first kappa shape index (κ1) is 13.1. The molecule has 0 bridgehead atoms. The van der Waals surface area contributed by atoms with Crippen molar-refractivity contribution in [2.24, 2.45) is 5.92 Å². The summed E-state index contributed by atoms with van der Waals surface area (Å²) in [5.41, 5.74) is 0.902. The molecule has 1 aromatic rings. The first-order valence-electron chi connectivity index (χ1n) is 5.81. The zero-order valence-electron chi connectivity index (χ0n) is 9.66. The Morgan fingerprint density at radius 2 is 2.18 bits per heavy atom. The first-order valence-corrected chi connectivity index (χ1v) is 6.57. The number of nitrogens with one attached hydrogen (secondary N) is 1. The van der Waals surface area contributed by atoms with E-state index >= 15 is 0 Å². The highest BCUT2D eigenvalue weighted by molar-refractivity contribution is 6.32. The molecule has 0 spiro atoms. The van der Waals surface area contributed by atoms with Crippen molar-refractivity contribution >= 4 is 23.2 Å². The summed E-state index contributed by atoms with van der Waals surface area (Å²) in [6, 6.07) is 3.64. The van der Waals surface area contributed by atoms with Crippen LogP contribution in [-0.4, -0.2) is 22.7 Å². The smallest absolute Gasteiger partial charge is 0.135 e. The molecule has 0 aromatic carbocycles. The molecule has 2 unspecified atom stereocenters. The van der Waals surface area contributed by atoms with Gasteiger partial charge in [0, 0.05) is 18.2 Å². The van der Waals surface area contributed by atoms with Gasteiger partial charge in [0.1, 0.15) is 10.3 Å². The molecule has 1 aliphatic carbocycles. The van der Waals surface area contributed by atoms with Crippen molar-refractivity contribution in [1.82, 2.24) is 10.3 Å². The number of aromatic nitrogens is 1. The van der Waals surface area contributed by atoms with E-state index in [9.17, 15) is 5.11 Å². The molecule has 3 nitrogen and oxygen atoms in total. The Labute approximate surface area is 111 Å². The Balaban J connectivity index is 1.91. The maximum atomic E-state index is 9.77. The highest BCUT2D eigenvalue weighted by Crippen LogP contribution is 2.32. The summed E-state index contributed by atoms with van der Waals surface area (Å²) in [7, 11) is 0. The predicted octanol–water partition coefficient (Wildman–Crippen LogP) is 2.81. The molecule has 0 amide bonds. The monoisotopic (exact) mass is 274 g/mol. The van der Waals surface area contributed by atoms with E-state index in [1.807, 2.05) is 13.0 Å². The number of pyridine rings is 1. The van der Waals surface area contributed by atoms with Crippen LogP contribution < -0.4 is 5.32 Å². The van der Waals surface area contributed by atoms with Gasteiger partial charge in [0.2, 0.25) is 0 Å². The third-order valence-corrected chi connectivity index (χ3v) is 3.62. The lowest BCUT2D eigenvalue weighted by Crippen LogP contribution is -2.30. The van der Waals surface area contributed by atoms with Gasteiger partial charge in [0.25, 0.3) is 0 Å². The van der Waals surface area contributed by atoms with Crippen molar-refractivity contribution in [3.05, 3.63) is 28.0 Å². The first-order chi connectivity index (χ1) is 8.08. The Hall–Kier alpha value is -0.350. The molecule has 2 atom stereocenters. The van der Waals surface area contributed by atoms with Gasteiger partial charge in [0.05, 0.1) is 6.10 Å². The number of aliphatic hydroxyl groups is 1. The third kappa shape index (κ3) is 3.55. The minimum atomic E-state index is -0.253. The van der Waals surface area contributed by atoms with Gasteiger partial charge in [-0.05, 0) is 31.7 Å².